The molecule has 0 aliphatic heterocycles. The first-order valence-corrected chi connectivity index (χ1v) is 6.24. The summed E-state index contributed by atoms with van der Waals surface area (Å²) in [5.74, 6) is -0.322. The maximum atomic E-state index is 12.1. The van der Waals surface area contributed by atoms with Crippen LogP contribution in [0.15, 0.2) is 6.07 Å². The Morgan fingerprint density at radius 2 is 1.86 bits per heavy atom. The van der Waals surface area contributed by atoms with Crippen molar-refractivity contribution in [3.8, 4) is 11.8 Å². The summed E-state index contributed by atoms with van der Waals surface area (Å²) < 4.78 is 10.1. The van der Waals surface area contributed by atoms with Crippen molar-refractivity contribution >= 4 is 22.6 Å². The van der Waals surface area contributed by atoms with Gasteiger partial charge in [0.1, 0.15) is 11.0 Å². The molecule has 1 aromatic carbocycles. The lowest BCUT2D eigenvalue weighted by Gasteiger charge is -2.11. The van der Waals surface area contributed by atoms with E-state index in [0.717, 1.165) is 0 Å². The maximum Gasteiger partial charge on any atom is 0.278 e. The quantitative estimate of drug-likeness (QED) is 0.666. The second-order valence-electron chi connectivity index (χ2n) is 4.34. The number of ether oxygens (including phenoxy) is 2. The number of rotatable bonds is 4. The second kappa shape index (κ2) is 5.80. The van der Waals surface area contributed by atoms with Crippen molar-refractivity contribution in [2.24, 2.45) is 0 Å². The average Bonchev–Trinajstić information content (AvgIpc) is 2.51. The lowest BCUT2D eigenvalue weighted by molar-refractivity contribution is -0.385. The van der Waals surface area contributed by atoms with E-state index in [2.05, 4.69) is 15.3 Å². The van der Waals surface area contributed by atoms with Gasteiger partial charge in [-0.2, -0.15) is 0 Å². The van der Waals surface area contributed by atoms with Gasteiger partial charge in [-0.25, -0.2) is 9.97 Å². The number of hydrogen-bond acceptors (Lipinski definition) is 7. The monoisotopic (exact) mass is 306 g/mol. The fourth-order valence-electron chi connectivity index (χ4n) is 2.10. The van der Waals surface area contributed by atoms with E-state index in [1.165, 1.54) is 34.3 Å². The molecule has 0 spiro atoms. The highest BCUT2D eigenvalue weighted by molar-refractivity contribution is 6.07. The summed E-state index contributed by atoms with van der Waals surface area (Å²) in [6.07, 6.45) is 0. The molecule has 1 aromatic heterocycles. The van der Waals surface area contributed by atoms with Crippen LogP contribution in [-0.2, 0) is 0 Å². The summed E-state index contributed by atoms with van der Waals surface area (Å²) in [6.45, 7) is 1.49. The van der Waals surface area contributed by atoms with Gasteiger partial charge >= 0.3 is 0 Å². The van der Waals surface area contributed by atoms with Gasteiger partial charge in [-0.3, -0.25) is 14.9 Å². The zero-order chi connectivity index (χ0) is 16.4. The summed E-state index contributed by atoms with van der Waals surface area (Å²) in [6, 6.07) is 1.26. The van der Waals surface area contributed by atoms with Gasteiger partial charge in [0.05, 0.1) is 24.7 Å². The van der Waals surface area contributed by atoms with Crippen LogP contribution >= 0.6 is 0 Å². The van der Waals surface area contributed by atoms with E-state index in [1.807, 2.05) is 0 Å². The zero-order valence-corrected chi connectivity index (χ0v) is 12.5. The number of nitrogens with zero attached hydrogens (tertiary/aromatic N) is 3. The number of nitro groups is 1. The molecule has 0 saturated heterocycles. The predicted octanol–water partition coefficient (Wildman–Crippen LogP) is 1.22. The summed E-state index contributed by atoms with van der Waals surface area (Å²) in [5.41, 5.74) is 0.458. The molecule has 0 aliphatic rings. The lowest BCUT2D eigenvalue weighted by Crippen LogP contribution is -2.20. The molecule has 1 heterocycles. The van der Waals surface area contributed by atoms with Crippen LogP contribution in [0.4, 0.5) is 5.69 Å². The van der Waals surface area contributed by atoms with Crippen LogP contribution in [0.3, 0.4) is 0 Å². The van der Waals surface area contributed by atoms with Crippen LogP contribution < -0.4 is 14.8 Å². The summed E-state index contributed by atoms with van der Waals surface area (Å²) in [7, 11) is 4.19. The van der Waals surface area contributed by atoms with E-state index in [9.17, 15) is 14.9 Å². The van der Waals surface area contributed by atoms with Crippen LogP contribution in [0.25, 0.3) is 11.0 Å². The number of aromatic nitrogens is 2. The molecule has 0 atom stereocenters. The molecule has 9 nitrogen and oxygen atoms in total. The van der Waals surface area contributed by atoms with Crippen LogP contribution in [0.5, 0.6) is 11.8 Å². The molecule has 2 aromatic rings. The number of hydrogen-bond donors (Lipinski definition) is 1. The Hall–Kier alpha value is -2.97. The lowest BCUT2D eigenvalue weighted by atomic mass is 10.0. The maximum absolute atomic E-state index is 12.1. The standard InChI is InChI=1S/C13H14N4O5/c1-6-8(17(19)20)5-7-10(9(6)11(18)14-2)16-13(22-4)12(15-7)21-3/h5H,1-4H3,(H,14,18). The molecule has 0 bridgehead atoms. The van der Waals surface area contributed by atoms with E-state index in [4.69, 9.17) is 9.47 Å². The molecule has 2 rings (SSSR count). The molecule has 0 aliphatic carbocycles. The molecule has 22 heavy (non-hydrogen) atoms. The third-order valence-corrected chi connectivity index (χ3v) is 3.17. The van der Waals surface area contributed by atoms with Gasteiger partial charge in [0, 0.05) is 18.7 Å². The summed E-state index contributed by atoms with van der Waals surface area (Å²) >= 11 is 0. The average molecular weight is 306 g/mol. The highest BCUT2D eigenvalue weighted by Crippen LogP contribution is 2.32. The van der Waals surface area contributed by atoms with Gasteiger partial charge in [-0.05, 0) is 6.92 Å². The third-order valence-electron chi connectivity index (χ3n) is 3.17. The van der Waals surface area contributed by atoms with Crippen molar-refractivity contribution in [1.82, 2.24) is 15.3 Å². The first-order valence-electron chi connectivity index (χ1n) is 6.24. The molecule has 116 valence electrons. The van der Waals surface area contributed by atoms with E-state index in [1.54, 1.807) is 0 Å². The first kappa shape index (κ1) is 15.4. The molecule has 0 unspecified atom stereocenters. The molecule has 0 saturated carbocycles. The van der Waals surface area contributed by atoms with Crippen molar-refractivity contribution in [2.75, 3.05) is 21.3 Å². The topological polar surface area (TPSA) is 116 Å². The largest absolute Gasteiger partial charge is 0.477 e. The molecule has 0 fully saturated rings. The minimum Gasteiger partial charge on any atom is -0.477 e. The Kier molecular flexibility index (Phi) is 4.06. The number of benzene rings is 1. The first-order chi connectivity index (χ1) is 10.4. The van der Waals surface area contributed by atoms with Crippen molar-refractivity contribution in [3.63, 3.8) is 0 Å². The highest BCUT2D eigenvalue weighted by atomic mass is 16.6. The number of amides is 1. The van der Waals surface area contributed by atoms with Gasteiger partial charge < -0.3 is 14.8 Å². The molecular weight excluding hydrogens is 292 g/mol. The van der Waals surface area contributed by atoms with Gasteiger partial charge in [0.2, 0.25) is 0 Å². The van der Waals surface area contributed by atoms with Gasteiger partial charge in [-0.1, -0.05) is 0 Å². The van der Waals surface area contributed by atoms with E-state index in [0.29, 0.717) is 0 Å². The van der Waals surface area contributed by atoms with Gasteiger partial charge in [-0.15, -0.1) is 0 Å². The minimum absolute atomic E-state index is 0.0796. The summed E-state index contributed by atoms with van der Waals surface area (Å²) in [4.78, 5) is 31.0. The highest BCUT2D eigenvalue weighted by Gasteiger charge is 2.25. The zero-order valence-electron chi connectivity index (χ0n) is 12.5. The number of carbonyl (C=O) groups excluding carboxylic acids is 1. The SMILES string of the molecule is CNC(=O)c1c(C)c([N+](=O)[O-])cc2nc(OC)c(OC)nc12. The fraction of sp³-hybridized carbons (Fsp3) is 0.308. The van der Waals surface area contributed by atoms with E-state index in [-0.39, 0.29) is 39.6 Å². The Balaban J connectivity index is 2.94. The van der Waals surface area contributed by atoms with Gasteiger partial charge in [0.15, 0.2) is 0 Å². The fourth-order valence-corrected chi connectivity index (χ4v) is 2.10. The Labute approximate surface area is 125 Å². The molecule has 9 heteroatoms. The van der Waals surface area contributed by atoms with Crippen LogP contribution in [0.1, 0.15) is 15.9 Å². The molecule has 1 amide bonds. The second-order valence-corrected chi connectivity index (χ2v) is 4.34. The number of methoxy groups -OCH3 is 2. The van der Waals surface area contributed by atoms with Crippen LogP contribution in [0, 0.1) is 17.0 Å². The minimum atomic E-state index is -0.570. The number of nitro benzene ring substituents is 1. The van der Waals surface area contributed by atoms with Crippen molar-refractivity contribution in [1.29, 1.82) is 0 Å². The smallest absolute Gasteiger partial charge is 0.278 e. The van der Waals surface area contributed by atoms with Crippen molar-refractivity contribution in [3.05, 3.63) is 27.3 Å². The van der Waals surface area contributed by atoms with Crippen LogP contribution in [-0.4, -0.2) is 42.1 Å². The normalized spacial score (nSPS) is 10.4. The summed E-state index contributed by atoms with van der Waals surface area (Å²) in [5, 5.41) is 13.6. The Morgan fingerprint density at radius 3 is 2.36 bits per heavy atom. The number of fused-ring (bicyclic) bond motifs is 1. The van der Waals surface area contributed by atoms with E-state index < -0.39 is 10.8 Å². The van der Waals surface area contributed by atoms with Crippen molar-refractivity contribution in [2.45, 2.75) is 6.92 Å². The van der Waals surface area contributed by atoms with E-state index >= 15 is 0 Å². The number of carbonyl (C=O) groups is 1. The van der Waals surface area contributed by atoms with Crippen molar-refractivity contribution < 1.29 is 19.2 Å². The Bertz CT molecular complexity index is 775. The molecule has 0 radical (unpaired) electrons. The van der Waals surface area contributed by atoms with Crippen LogP contribution in [0.2, 0.25) is 0 Å². The third kappa shape index (κ3) is 2.36. The molecular formula is C13H14N4O5. The Morgan fingerprint density at radius 1 is 1.27 bits per heavy atom. The van der Waals surface area contributed by atoms with Gasteiger partial charge in [0.25, 0.3) is 23.4 Å². The predicted molar refractivity (Wildman–Crippen MR) is 77.4 cm³/mol. The number of nitrogens with one attached hydrogen (secondary N) is 1. The molecule has 1 N–H and O–H groups in total.